The molecule has 0 radical (unpaired) electrons. The molecule has 2 aromatic heterocycles. The Balaban J connectivity index is 1.34. The van der Waals surface area contributed by atoms with Gasteiger partial charge in [0.15, 0.2) is 0 Å². The topological polar surface area (TPSA) is 79.6 Å². The molecule has 3 aromatic rings. The van der Waals surface area contributed by atoms with Crippen molar-refractivity contribution in [3.8, 4) is 0 Å². The minimum absolute atomic E-state index is 0.626. The number of H-pyrrole nitrogens is 1. The summed E-state index contributed by atoms with van der Waals surface area (Å²) >= 11 is 0. The summed E-state index contributed by atoms with van der Waals surface area (Å²) in [5, 5.41) is 3.64. The van der Waals surface area contributed by atoms with E-state index in [-0.39, 0.29) is 0 Å². The number of hydrogen-bond acceptors (Lipinski definition) is 4. The number of aromatic amines is 1. The molecule has 190 valence electrons. The Morgan fingerprint density at radius 2 is 2.11 bits per heavy atom. The second-order valence-electron chi connectivity index (χ2n) is 10.1. The Bertz CT molecular complexity index is 1400. The number of rotatable bonds is 10. The molecule has 0 aliphatic heterocycles. The van der Waals surface area contributed by atoms with Crippen molar-refractivity contribution in [3.05, 3.63) is 102 Å². The van der Waals surface area contributed by atoms with Crippen molar-refractivity contribution in [1.82, 2.24) is 20.3 Å². The van der Waals surface area contributed by atoms with Crippen LogP contribution in [0.5, 0.6) is 0 Å². The van der Waals surface area contributed by atoms with Crippen LogP contribution in [0.25, 0.3) is 22.2 Å². The molecule has 1 fully saturated rings. The molecule has 0 unspecified atom stereocenters. The summed E-state index contributed by atoms with van der Waals surface area (Å²) in [5.41, 5.74) is 15.9. The van der Waals surface area contributed by atoms with E-state index >= 15 is 0 Å². The van der Waals surface area contributed by atoms with Gasteiger partial charge in [0.25, 0.3) is 0 Å². The van der Waals surface area contributed by atoms with Gasteiger partial charge in [0.2, 0.25) is 0 Å². The van der Waals surface area contributed by atoms with Gasteiger partial charge >= 0.3 is 0 Å². The maximum atomic E-state index is 6.42. The van der Waals surface area contributed by atoms with E-state index in [1.807, 2.05) is 24.5 Å². The van der Waals surface area contributed by atoms with Crippen LogP contribution in [-0.4, -0.2) is 28.0 Å². The number of nitrogen functional groups attached to an aromatic ring is 1. The predicted molar refractivity (Wildman–Crippen MR) is 156 cm³/mol. The van der Waals surface area contributed by atoms with Crippen LogP contribution < -0.4 is 11.1 Å². The number of pyridine rings is 1. The van der Waals surface area contributed by atoms with Crippen molar-refractivity contribution in [2.24, 2.45) is 5.92 Å². The first-order valence-corrected chi connectivity index (χ1v) is 13.4. The minimum atomic E-state index is 0.626. The number of aromatic nitrogens is 3. The van der Waals surface area contributed by atoms with Crippen LogP contribution in [0.3, 0.4) is 0 Å². The number of allylic oxidation sites excluding steroid dienone is 7. The normalized spacial score (nSPS) is 16.6. The summed E-state index contributed by atoms with van der Waals surface area (Å²) < 4.78 is 0. The highest BCUT2D eigenvalue weighted by Gasteiger charge is 2.15. The zero-order chi connectivity index (χ0) is 25.6. The fourth-order valence-corrected chi connectivity index (χ4v) is 5.41. The van der Waals surface area contributed by atoms with Crippen molar-refractivity contribution in [2.75, 3.05) is 18.8 Å². The molecule has 2 heterocycles. The van der Waals surface area contributed by atoms with Crippen LogP contribution in [0.1, 0.15) is 61.5 Å². The standard InChI is InChI=1S/C32H37N5/c1-3-22(18-34-19-23-9-5-6-10-23)15-24(4-2)26-13-14-29(33)27(16-26)17-31-36-30-21-35-20-28(32(30)37-31)25-11-7-8-12-25/h3-4,7,11-16,20-21,23,34H,1,5-6,8-10,17-19,33H2,2H3,(H,36,37)/b22-15+,24-4+. The van der Waals surface area contributed by atoms with E-state index in [0.717, 1.165) is 70.2 Å². The number of hydrogen-bond donors (Lipinski definition) is 3. The van der Waals surface area contributed by atoms with Crippen molar-refractivity contribution in [1.29, 1.82) is 0 Å². The zero-order valence-electron chi connectivity index (χ0n) is 21.8. The van der Waals surface area contributed by atoms with Gasteiger partial charge in [-0.15, -0.1) is 0 Å². The monoisotopic (exact) mass is 491 g/mol. The van der Waals surface area contributed by atoms with Gasteiger partial charge in [0.1, 0.15) is 5.82 Å². The van der Waals surface area contributed by atoms with Gasteiger partial charge in [0, 0.05) is 30.4 Å². The van der Waals surface area contributed by atoms with E-state index in [9.17, 15) is 0 Å². The molecule has 0 atom stereocenters. The van der Waals surface area contributed by atoms with Crippen LogP contribution in [0, 0.1) is 5.92 Å². The summed E-state index contributed by atoms with van der Waals surface area (Å²) in [5.74, 6) is 1.71. The van der Waals surface area contributed by atoms with E-state index in [4.69, 9.17) is 10.7 Å². The number of nitrogens with one attached hydrogen (secondary N) is 2. The van der Waals surface area contributed by atoms with E-state index in [0.29, 0.717) is 6.42 Å². The summed E-state index contributed by atoms with van der Waals surface area (Å²) in [7, 11) is 0. The summed E-state index contributed by atoms with van der Waals surface area (Å²) in [6.07, 6.45) is 23.6. The van der Waals surface area contributed by atoms with Crippen LogP contribution in [0.15, 0.2) is 79.2 Å². The number of fused-ring (bicyclic) bond motifs is 1. The Morgan fingerprint density at radius 3 is 2.86 bits per heavy atom. The van der Waals surface area contributed by atoms with Gasteiger partial charge in [-0.05, 0) is 78.6 Å². The molecule has 0 amide bonds. The average Bonchev–Trinajstić information content (AvgIpc) is 3.69. The molecule has 5 nitrogen and oxygen atoms in total. The molecular formula is C32H37N5. The smallest absolute Gasteiger partial charge is 0.111 e. The highest BCUT2D eigenvalue weighted by Crippen LogP contribution is 2.29. The summed E-state index contributed by atoms with van der Waals surface area (Å²) in [6.45, 7) is 8.05. The molecule has 4 N–H and O–H groups in total. The molecular weight excluding hydrogens is 454 g/mol. The third-order valence-corrected chi connectivity index (χ3v) is 7.51. The number of anilines is 1. The first-order valence-electron chi connectivity index (χ1n) is 13.4. The molecule has 1 aromatic carbocycles. The number of nitrogens with two attached hydrogens (primary N) is 1. The molecule has 37 heavy (non-hydrogen) atoms. The molecule has 0 saturated heterocycles. The number of benzene rings is 1. The third-order valence-electron chi connectivity index (χ3n) is 7.51. The minimum Gasteiger partial charge on any atom is -0.398 e. The number of nitrogens with zero attached hydrogens (tertiary/aromatic N) is 2. The largest absolute Gasteiger partial charge is 0.398 e. The Morgan fingerprint density at radius 1 is 1.24 bits per heavy atom. The highest BCUT2D eigenvalue weighted by atomic mass is 14.9. The van der Waals surface area contributed by atoms with Gasteiger partial charge in [-0.25, -0.2) is 4.98 Å². The predicted octanol–water partition coefficient (Wildman–Crippen LogP) is 6.77. The van der Waals surface area contributed by atoms with Crippen molar-refractivity contribution in [2.45, 2.75) is 45.4 Å². The molecule has 2 aliphatic carbocycles. The Hall–Kier alpha value is -3.70. The second kappa shape index (κ2) is 11.6. The average molecular weight is 492 g/mol. The quantitative estimate of drug-likeness (QED) is 0.216. The van der Waals surface area contributed by atoms with Crippen LogP contribution in [0.2, 0.25) is 0 Å². The van der Waals surface area contributed by atoms with Gasteiger partial charge in [-0.1, -0.05) is 61.9 Å². The van der Waals surface area contributed by atoms with Gasteiger partial charge < -0.3 is 16.0 Å². The van der Waals surface area contributed by atoms with Crippen LogP contribution >= 0.6 is 0 Å². The Labute approximate surface area is 220 Å². The SMILES string of the molecule is C=C/C(=C\C(=C/C)c1ccc(N)c(Cc2nc3c(C4=CCC=C4)cncc3[nH]2)c1)CNCC1CCCC1. The van der Waals surface area contributed by atoms with Crippen LogP contribution in [-0.2, 0) is 6.42 Å². The van der Waals surface area contributed by atoms with E-state index < -0.39 is 0 Å². The van der Waals surface area contributed by atoms with Gasteiger partial charge in [-0.2, -0.15) is 0 Å². The van der Waals surface area contributed by atoms with Crippen molar-refractivity contribution < 1.29 is 0 Å². The molecule has 5 rings (SSSR count). The zero-order valence-corrected chi connectivity index (χ0v) is 21.8. The van der Waals surface area contributed by atoms with Crippen LogP contribution in [0.4, 0.5) is 5.69 Å². The third kappa shape index (κ3) is 5.83. The molecule has 5 heteroatoms. The van der Waals surface area contributed by atoms with E-state index in [1.54, 1.807) is 0 Å². The fraction of sp³-hybridized carbons (Fsp3) is 0.312. The summed E-state index contributed by atoms with van der Waals surface area (Å²) in [4.78, 5) is 12.8. The van der Waals surface area contributed by atoms with Crippen molar-refractivity contribution >= 4 is 27.9 Å². The number of imidazole rings is 1. The van der Waals surface area contributed by atoms with E-state index in [2.05, 4.69) is 71.3 Å². The summed E-state index contributed by atoms with van der Waals surface area (Å²) in [6, 6.07) is 6.27. The molecule has 0 bridgehead atoms. The first-order chi connectivity index (χ1) is 18.1. The lowest BCUT2D eigenvalue weighted by Crippen LogP contribution is -2.23. The highest BCUT2D eigenvalue weighted by molar-refractivity contribution is 5.92. The fourth-order valence-electron chi connectivity index (χ4n) is 5.41. The second-order valence-corrected chi connectivity index (χ2v) is 10.1. The lowest BCUT2D eigenvalue weighted by atomic mass is 9.98. The lowest BCUT2D eigenvalue weighted by Gasteiger charge is -2.13. The van der Waals surface area contributed by atoms with E-state index in [1.165, 1.54) is 36.8 Å². The first kappa shape index (κ1) is 25.0. The maximum Gasteiger partial charge on any atom is 0.111 e. The molecule has 0 spiro atoms. The maximum absolute atomic E-state index is 6.42. The Kier molecular flexibility index (Phi) is 7.81. The van der Waals surface area contributed by atoms with Gasteiger partial charge in [0.05, 0.1) is 17.2 Å². The van der Waals surface area contributed by atoms with Gasteiger partial charge in [-0.3, -0.25) is 4.98 Å². The molecule has 2 aliphatic rings. The molecule has 1 saturated carbocycles. The van der Waals surface area contributed by atoms with Crippen molar-refractivity contribution in [3.63, 3.8) is 0 Å². The lowest BCUT2D eigenvalue weighted by molar-refractivity contribution is 0.503.